The van der Waals surface area contributed by atoms with E-state index in [1.54, 1.807) is 20.8 Å². The lowest BCUT2D eigenvalue weighted by Crippen LogP contribution is -2.24. The number of hydrogen-bond donors (Lipinski definition) is 2. The zero-order chi connectivity index (χ0) is 16.0. The second-order valence-corrected chi connectivity index (χ2v) is 5.62. The summed E-state index contributed by atoms with van der Waals surface area (Å²) < 4.78 is 10.3. The van der Waals surface area contributed by atoms with Crippen molar-refractivity contribution in [3.8, 4) is 0 Å². The van der Waals surface area contributed by atoms with Crippen molar-refractivity contribution in [3.05, 3.63) is 23.0 Å². The van der Waals surface area contributed by atoms with Crippen LogP contribution in [0.15, 0.2) is 6.20 Å². The van der Waals surface area contributed by atoms with E-state index < -0.39 is 17.5 Å². The molecule has 1 aromatic rings. The number of aliphatic hydroxyl groups is 1. The van der Waals surface area contributed by atoms with Crippen LogP contribution in [0, 0.1) is 0 Å². The summed E-state index contributed by atoms with van der Waals surface area (Å²) in [4.78, 5) is 26.8. The Bertz CT molecular complexity index is 499. The number of H-pyrrole nitrogens is 1. The molecule has 0 aliphatic rings. The number of carbonyl (C=O) groups is 2. The lowest BCUT2D eigenvalue weighted by atomic mass is 10.1. The minimum Gasteiger partial charge on any atom is -0.462 e. The van der Waals surface area contributed by atoms with Gasteiger partial charge in [-0.3, -0.25) is 0 Å². The molecule has 118 valence electrons. The molecule has 1 rings (SSSR count). The highest BCUT2D eigenvalue weighted by Gasteiger charge is 2.25. The molecular formula is C15H23NO5. The van der Waals surface area contributed by atoms with Gasteiger partial charge in [0.15, 0.2) is 0 Å². The van der Waals surface area contributed by atoms with Crippen molar-refractivity contribution in [2.45, 2.75) is 46.1 Å². The summed E-state index contributed by atoms with van der Waals surface area (Å²) in [6.07, 6.45) is 2.35. The highest BCUT2D eigenvalue weighted by molar-refractivity contribution is 5.97. The first-order valence-electron chi connectivity index (χ1n) is 7.01. The summed E-state index contributed by atoms with van der Waals surface area (Å²) in [6, 6.07) is 0. The molecule has 0 aromatic carbocycles. The Hall–Kier alpha value is -1.82. The number of nitrogens with one attached hydrogen (secondary N) is 1. The third-order valence-corrected chi connectivity index (χ3v) is 2.70. The van der Waals surface area contributed by atoms with Crippen LogP contribution >= 0.6 is 0 Å². The largest absolute Gasteiger partial charge is 0.462 e. The van der Waals surface area contributed by atoms with E-state index in [1.807, 2.05) is 6.92 Å². The van der Waals surface area contributed by atoms with E-state index in [0.717, 1.165) is 0 Å². The van der Waals surface area contributed by atoms with Crippen LogP contribution in [-0.4, -0.2) is 40.8 Å². The average molecular weight is 297 g/mol. The molecular weight excluding hydrogens is 274 g/mol. The number of carbonyl (C=O) groups excluding carboxylic acids is 2. The van der Waals surface area contributed by atoms with Crippen LogP contribution < -0.4 is 0 Å². The number of hydrogen-bond acceptors (Lipinski definition) is 5. The average Bonchev–Trinajstić information content (AvgIpc) is 2.80. The maximum atomic E-state index is 12.1. The van der Waals surface area contributed by atoms with Crippen molar-refractivity contribution < 1.29 is 24.2 Å². The highest BCUT2D eigenvalue weighted by Crippen LogP contribution is 2.20. The van der Waals surface area contributed by atoms with Gasteiger partial charge in [0, 0.05) is 19.2 Å². The molecule has 0 bridgehead atoms. The smallest absolute Gasteiger partial charge is 0.355 e. The molecule has 0 spiro atoms. The zero-order valence-electron chi connectivity index (χ0n) is 13.0. The van der Waals surface area contributed by atoms with Gasteiger partial charge >= 0.3 is 11.9 Å². The lowest BCUT2D eigenvalue weighted by Gasteiger charge is -2.19. The van der Waals surface area contributed by atoms with Crippen molar-refractivity contribution in [3.63, 3.8) is 0 Å². The predicted molar refractivity (Wildman–Crippen MR) is 77.3 cm³/mol. The van der Waals surface area contributed by atoms with E-state index in [2.05, 4.69) is 4.98 Å². The first-order chi connectivity index (χ1) is 9.80. The minimum atomic E-state index is -0.602. The maximum Gasteiger partial charge on any atom is 0.355 e. The fourth-order valence-electron chi connectivity index (χ4n) is 1.82. The number of aromatic amines is 1. The van der Waals surface area contributed by atoms with Gasteiger partial charge < -0.3 is 19.6 Å². The van der Waals surface area contributed by atoms with Crippen molar-refractivity contribution >= 4 is 11.9 Å². The monoisotopic (exact) mass is 297 g/mol. The Morgan fingerprint density at radius 3 is 2.48 bits per heavy atom. The van der Waals surface area contributed by atoms with Gasteiger partial charge in [-0.1, -0.05) is 6.92 Å². The Morgan fingerprint density at radius 2 is 1.95 bits per heavy atom. The highest BCUT2D eigenvalue weighted by atomic mass is 16.6. The van der Waals surface area contributed by atoms with Crippen LogP contribution in [0.4, 0.5) is 0 Å². The van der Waals surface area contributed by atoms with E-state index in [9.17, 15) is 9.59 Å². The molecule has 21 heavy (non-hydrogen) atoms. The third-order valence-electron chi connectivity index (χ3n) is 2.70. The topological polar surface area (TPSA) is 88.6 Å². The number of aliphatic hydroxyl groups excluding tert-OH is 1. The molecule has 1 aromatic heterocycles. The normalized spacial score (nSPS) is 11.3. The second-order valence-electron chi connectivity index (χ2n) is 5.62. The number of rotatable bonds is 6. The van der Waals surface area contributed by atoms with Crippen LogP contribution in [0.25, 0.3) is 0 Å². The van der Waals surface area contributed by atoms with Crippen LogP contribution in [0.3, 0.4) is 0 Å². The summed E-state index contributed by atoms with van der Waals surface area (Å²) in [6.45, 7) is 7.30. The molecule has 0 amide bonds. The molecule has 0 saturated heterocycles. The van der Waals surface area contributed by atoms with Crippen LogP contribution in [0.1, 0.15) is 60.5 Å². The van der Waals surface area contributed by atoms with Gasteiger partial charge in [0.1, 0.15) is 11.3 Å². The molecule has 0 aliphatic carbocycles. The number of aromatic nitrogens is 1. The van der Waals surface area contributed by atoms with E-state index >= 15 is 0 Å². The van der Waals surface area contributed by atoms with E-state index in [0.29, 0.717) is 24.0 Å². The number of esters is 2. The fourth-order valence-corrected chi connectivity index (χ4v) is 1.82. The SMILES string of the molecule is CCc1c(C(=O)OCCCO)c[nH]c1C(=O)OC(C)(C)C. The summed E-state index contributed by atoms with van der Waals surface area (Å²) in [5.74, 6) is -1.000. The lowest BCUT2D eigenvalue weighted by molar-refractivity contribution is 0.00624. The molecule has 6 heteroatoms. The molecule has 6 nitrogen and oxygen atoms in total. The molecule has 0 fully saturated rings. The third kappa shape index (κ3) is 4.90. The molecule has 2 N–H and O–H groups in total. The summed E-state index contributed by atoms with van der Waals surface area (Å²) in [5, 5.41) is 8.68. The molecule has 0 aliphatic heterocycles. The Labute approximate surface area is 124 Å². The summed E-state index contributed by atoms with van der Waals surface area (Å²) in [7, 11) is 0. The first kappa shape index (κ1) is 17.2. The van der Waals surface area contributed by atoms with Crippen molar-refractivity contribution in [1.82, 2.24) is 4.98 Å². The van der Waals surface area contributed by atoms with Gasteiger partial charge in [-0.05, 0) is 32.8 Å². The maximum absolute atomic E-state index is 12.1. The predicted octanol–water partition coefficient (Wildman–Crippen LogP) is 2.07. The van der Waals surface area contributed by atoms with Crippen LogP contribution in [-0.2, 0) is 15.9 Å². The minimum absolute atomic E-state index is 0.0375. The first-order valence-corrected chi connectivity index (χ1v) is 7.01. The van der Waals surface area contributed by atoms with Crippen molar-refractivity contribution in [2.24, 2.45) is 0 Å². The van der Waals surface area contributed by atoms with E-state index in [1.165, 1.54) is 6.20 Å². The summed E-state index contributed by atoms with van der Waals surface area (Å²) in [5.41, 5.74) is 0.589. The molecule has 0 saturated carbocycles. The standard InChI is InChI=1S/C15H23NO5/c1-5-10-11(13(18)20-8-6-7-17)9-16-12(10)14(19)21-15(2,3)4/h9,16-17H,5-8H2,1-4H3. The van der Waals surface area contributed by atoms with E-state index in [-0.39, 0.29) is 18.9 Å². The fraction of sp³-hybridized carbons (Fsp3) is 0.600. The second kappa shape index (κ2) is 7.26. The van der Waals surface area contributed by atoms with Crippen LogP contribution in [0.2, 0.25) is 0 Å². The van der Waals surface area contributed by atoms with Gasteiger partial charge in [-0.2, -0.15) is 0 Å². The molecule has 1 heterocycles. The number of ether oxygens (including phenoxy) is 2. The zero-order valence-corrected chi connectivity index (χ0v) is 13.0. The van der Waals surface area contributed by atoms with Gasteiger partial charge in [0.25, 0.3) is 0 Å². The van der Waals surface area contributed by atoms with Crippen LogP contribution in [0.5, 0.6) is 0 Å². The van der Waals surface area contributed by atoms with Crippen molar-refractivity contribution in [1.29, 1.82) is 0 Å². The Balaban J connectivity index is 2.90. The molecule has 0 unspecified atom stereocenters. The summed E-state index contributed by atoms with van der Waals surface area (Å²) >= 11 is 0. The van der Waals surface area contributed by atoms with E-state index in [4.69, 9.17) is 14.6 Å². The van der Waals surface area contributed by atoms with Gasteiger partial charge in [-0.15, -0.1) is 0 Å². The van der Waals surface area contributed by atoms with Gasteiger partial charge in [0.2, 0.25) is 0 Å². The Kier molecular flexibility index (Phi) is 5.96. The quantitative estimate of drug-likeness (QED) is 0.620. The molecule has 0 radical (unpaired) electrons. The van der Waals surface area contributed by atoms with Gasteiger partial charge in [-0.25, -0.2) is 9.59 Å². The Morgan fingerprint density at radius 1 is 1.29 bits per heavy atom. The van der Waals surface area contributed by atoms with Crippen molar-refractivity contribution in [2.75, 3.05) is 13.2 Å². The molecule has 0 atom stereocenters. The van der Waals surface area contributed by atoms with Gasteiger partial charge in [0.05, 0.1) is 12.2 Å².